The summed E-state index contributed by atoms with van der Waals surface area (Å²) in [6.45, 7) is 0.927. The second-order valence-electron chi connectivity index (χ2n) is 4.76. The van der Waals surface area contributed by atoms with Gasteiger partial charge in [0.05, 0.1) is 5.56 Å². The normalized spacial score (nSPS) is 15.5. The number of ether oxygens (including phenoxy) is 2. The molecule has 0 atom stereocenters. The summed E-state index contributed by atoms with van der Waals surface area (Å²) < 4.78 is 10.1. The lowest BCUT2D eigenvalue weighted by Crippen LogP contribution is -2.41. The maximum absolute atomic E-state index is 11.8. The third-order valence-corrected chi connectivity index (χ3v) is 3.39. The summed E-state index contributed by atoms with van der Waals surface area (Å²) in [5, 5.41) is 3.23. The Labute approximate surface area is 127 Å². The van der Waals surface area contributed by atoms with Crippen molar-refractivity contribution in [2.24, 2.45) is 0 Å². The summed E-state index contributed by atoms with van der Waals surface area (Å²) in [4.78, 5) is 23.5. The molecule has 21 heavy (non-hydrogen) atoms. The lowest BCUT2D eigenvalue weighted by atomic mass is 10.1. The van der Waals surface area contributed by atoms with Gasteiger partial charge in [0.25, 0.3) is 5.91 Å². The molecule has 0 radical (unpaired) electrons. The Balaban J connectivity index is 1.81. The predicted molar refractivity (Wildman–Crippen MR) is 78.1 cm³/mol. The van der Waals surface area contributed by atoms with Gasteiger partial charge in [0, 0.05) is 30.0 Å². The van der Waals surface area contributed by atoms with Gasteiger partial charge in [-0.3, -0.25) is 4.79 Å². The minimum Gasteiger partial charge on any atom is -0.452 e. The number of halogens is 1. The monoisotopic (exact) mass is 312 g/mol. The molecule has 0 aromatic heterocycles. The lowest BCUT2D eigenvalue weighted by molar-refractivity contribution is -0.125. The molecule has 114 valence electrons. The van der Waals surface area contributed by atoms with Crippen molar-refractivity contribution < 1.29 is 19.1 Å². The van der Waals surface area contributed by atoms with Crippen LogP contribution in [0.15, 0.2) is 18.2 Å². The van der Waals surface area contributed by atoms with Crippen LogP contribution in [-0.4, -0.2) is 37.7 Å². The number of carbonyl (C=O) groups is 2. The number of amides is 1. The number of hydrogen-bond donors (Lipinski definition) is 2. The maximum atomic E-state index is 11.8. The van der Waals surface area contributed by atoms with Crippen LogP contribution in [0.4, 0.5) is 5.69 Å². The van der Waals surface area contributed by atoms with E-state index >= 15 is 0 Å². The van der Waals surface area contributed by atoms with E-state index in [0.29, 0.717) is 18.2 Å². The molecule has 0 unspecified atom stereocenters. The van der Waals surface area contributed by atoms with E-state index in [0.717, 1.165) is 12.8 Å². The largest absolute Gasteiger partial charge is 0.452 e. The Morgan fingerprint density at radius 2 is 2.10 bits per heavy atom. The van der Waals surface area contributed by atoms with Crippen LogP contribution in [0.3, 0.4) is 0 Å². The fourth-order valence-electron chi connectivity index (χ4n) is 2.04. The lowest BCUT2D eigenvalue weighted by Gasteiger charge is -2.22. The summed E-state index contributed by atoms with van der Waals surface area (Å²) in [5.74, 6) is -0.978. The zero-order chi connectivity index (χ0) is 15.2. The molecule has 0 saturated carbocycles. The van der Waals surface area contributed by atoms with Gasteiger partial charge in [-0.15, -0.1) is 0 Å². The second-order valence-corrected chi connectivity index (χ2v) is 5.20. The van der Waals surface area contributed by atoms with Crippen molar-refractivity contribution in [2.45, 2.75) is 18.9 Å². The van der Waals surface area contributed by atoms with E-state index in [1.807, 2.05) is 0 Å². The zero-order valence-corrected chi connectivity index (χ0v) is 12.2. The second kappa shape index (κ2) is 7.28. The van der Waals surface area contributed by atoms with Gasteiger partial charge in [0.15, 0.2) is 6.61 Å². The molecule has 1 aromatic carbocycles. The van der Waals surface area contributed by atoms with Crippen molar-refractivity contribution in [3.05, 3.63) is 28.8 Å². The molecule has 1 heterocycles. The highest BCUT2D eigenvalue weighted by atomic mass is 35.5. The van der Waals surface area contributed by atoms with Crippen molar-refractivity contribution in [1.82, 2.24) is 5.32 Å². The predicted octanol–water partition coefficient (Wildman–Crippen LogP) is 1.37. The third-order valence-electron chi connectivity index (χ3n) is 3.15. The molecular formula is C14H17ClN2O4. The summed E-state index contributed by atoms with van der Waals surface area (Å²) in [6.07, 6.45) is 1.54. The van der Waals surface area contributed by atoms with Crippen LogP contribution in [0.25, 0.3) is 0 Å². The molecule has 1 amide bonds. The van der Waals surface area contributed by atoms with Gasteiger partial charge >= 0.3 is 5.97 Å². The fraction of sp³-hybridized carbons (Fsp3) is 0.429. The quantitative estimate of drug-likeness (QED) is 0.647. The Bertz CT molecular complexity index is 530. The van der Waals surface area contributed by atoms with Gasteiger partial charge in [0.2, 0.25) is 0 Å². The van der Waals surface area contributed by atoms with E-state index in [2.05, 4.69) is 5.32 Å². The zero-order valence-electron chi connectivity index (χ0n) is 11.4. The Hall–Kier alpha value is -1.79. The molecule has 3 N–H and O–H groups in total. The van der Waals surface area contributed by atoms with Crippen molar-refractivity contribution >= 4 is 29.2 Å². The first-order valence-corrected chi connectivity index (χ1v) is 7.03. The van der Waals surface area contributed by atoms with Crippen LogP contribution in [0.1, 0.15) is 23.2 Å². The maximum Gasteiger partial charge on any atom is 0.340 e. The first-order valence-electron chi connectivity index (χ1n) is 6.65. The summed E-state index contributed by atoms with van der Waals surface area (Å²) in [5.41, 5.74) is 6.09. The smallest absolute Gasteiger partial charge is 0.340 e. The van der Waals surface area contributed by atoms with Gasteiger partial charge in [0.1, 0.15) is 0 Å². The molecule has 1 aromatic rings. The molecule has 0 bridgehead atoms. The van der Waals surface area contributed by atoms with Crippen LogP contribution in [0.5, 0.6) is 0 Å². The number of rotatable bonds is 4. The summed E-state index contributed by atoms with van der Waals surface area (Å²) in [7, 11) is 0. The number of nitrogens with two attached hydrogens (primary N) is 1. The van der Waals surface area contributed by atoms with Gasteiger partial charge in [-0.05, 0) is 31.0 Å². The third kappa shape index (κ3) is 4.61. The highest BCUT2D eigenvalue weighted by Gasteiger charge is 2.18. The molecule has 1 aliphatic rings. The standard InChI is InChI=1S/C14H17ClN2O4/c15-9-1-2-11(12(16)7-9)14(19)21-8-13(18)17-10-3-5-20-6-4-10/h1-2,7,10H,3-6,8,16H2,(H,17,18). The van der Waals surface area contributed by atoms with Crippen LogP contribution in [0, 0.1) is 0 Å². The molecule has 1 saturated heterocycles. The topological polar surface area (TPSA) is 90.7 Å². The van der Waals surface area contributed by atoms with Crippen molar-refractivity contribution in [3.8, 4) is 0 Å². The highest BCUT2D eigenvalue weighted by molar-refractivity contribution is 6.31. The van der Waals surface area contributed by atoms with E-state index in [-0.39, 0.29) is 29.8 Å². The average molecular weight is 313 g/mol. The number of hydrogen-bond acceptors (Lipinski definition) is 5. The Morgan fingerprint density at radius 1 is 1.38 bits per heavy atom. The molecule has 0 spiro atoms. The molecule has 0 aliphatic carbocycles. The van der Waals surface area contributed by atoms with Crippen molar-refractivity contribution in [2.75, 3.05) is 25.6 Å². The molecule has 6 nitrogen and oxygen atoms in total. The molecule has 1 fully saturated rings. The number of nitrogen functional groups attached to an aromatic ring is 1. The van der Waals surface area contributed by atoms with Crippen LogP contribution >= 0.6 is 11.6 Å². The number of nitrogens with one attached hydrogen (secondary N) is 1. The SMILES string of the molecule is Nc1cc(Cl)ccc1C(=O)OCC(=O)NC1CCOCC1. The number of esters is 1. The van der Waals surface area contributed by atoms with Gasteiger partial charge in [-0.1, -0.05) is 11.6 Å². The molecule has 1 aliphatic heterocycles. The minimum atomic E-state index is -0.647. The Kier molecular flexibility index (Phi) is 5.41. The summed E-state index contributed by atoms with van der Waals surface area (Å²) >= 11 is 5.75. The molecule has 2 rings (SSSR count). The van der Waals surface area contributed by atoms with E-state index in [1.54, 1.807) is 0 Å². The number of benzene rings is 1. The molecular weight excluding hydrogens is 296 g/mol. The van der Waals surface area contributed by atoms with Crippen molar-refractivity contribution in [1.29, 1.82) is 0 Å². The van der Waals surface area contributed by atoms with E-state index in [1.165, 1.54) is 18.2 Å². The van der Waals surface area contributed by atoms with Gasteiger partial charge in [-0.25, -0.2) is 4.79 Å². The Morgan fingerprint density at radius 3 is 2.76 bits per heavy atom. The summed E-state index contributed by atoms with van der Waals surface area (Å²) in [6, 6.07) is 4.54. The van der Waals surface area contributed by atoms with Crippen LogP contribution < -0.4 is 11.1 Å². The highest BCUT2D eigenvalue weighted by Crippen LogP contribution is 2.18. The number of anilines is 1. The van der Waals surface area contributed by atoms with Gasteiger partial charge in [-0.2, -0.15) is 0 Å². The molecule has 7 heteroatoms. The minimum absolute atomic E-state index is 0.0746. The van der Waals surface area contributed by atoms with E-state index in [4.69, 9.17) is 26.8 Å². The van der Waals surface area contributed by atoms with E-state index in [9.17, 15) is 9.59 Å². The fourth-order valence-corrected chi connectivity index (χ4v) is 2.22. The average Bonchev–Trinajstić information content (AvgIpc) is 2.46. The van der Waals surface area contributed by atoms with Gasteiger partial charge < -0.3 is 20.5 Å². The van der Waals surface area contributed by atoms with Crippen LogP contribution in [0.2, 0.25) is 5.02 Å². The van der Waals surface area contributed by atoms with Crippen LogP contribution in [-0.2, 0) is 14.3 Å². The first-order chi connectivity index (χ1) is 10.1. The number of carbonyl (C=O) groups excluding carboxylic acids is 2. The van der Waals surface area contributed by atoms with E-state index < -0.39 is 5.97 Å². The first kappa shape index (κ1) is 15.6. The van der Waals surface area contributed by atoms with Crippen molar-refractivity contribution in [3.63, 3.8) is 0 Å².